The number of ether oxygens (including phenoxy) is 1. The molecule has 0 aromatic carbocycles. The van der Waals surface area contributed by atoms with E-state index in [1.807, 2.05) is 40.3 Å². The number of carbonyl (C=O) groups excluding carboxylic acids is 1. The first-order valence-electron chi connectivity index (χ1n) is 6.65. The fourth-order valence-corrected chi connectivity index (χ4v) is 0.767. The molecule has 1 amide bonds. The van der Waals surface area contributed by atoms with Crippen molar-refractivity contribution in [2.24, 2.45) is 0 Å². The molecule has 142 valence electrons. The van der Waals surface area contributed by atoms with Gasteiger partial charge in [0, 0.05) is 13.8 Å². The van der Waals surface area contributed by atoms with Crippen LogP contribution in [0.15, 0.2) is 0 Å². The molecule has 23 heavy (non-hydrogen) atoms. The van der Waals surface area contributed by atoms with Gasteiger partial charge in [0.05, 0.1) is 0 Å². The Morgan fingerprint density at radius 2 is 1.43 bits per heavy atom. The number of nitrogens with zero attached hydrogens (tertiary/aromatic N) is 1. The molecular weight excluding hydrogens is 511 g/mol. The van der Waals surface area contributed by atoms with E-state index in [2.05, 4.69) is 29.6 Å². The maximum absolute atomic E-state index is 11.3. The van der Waals surface area contributed by atoms with Crippen molar-refractivity contribution in [2.45, 2.75) is 60.0 Å². The molecular formula is C14H28INO6Pd. The molecule has 9 heteroatoms. The summed E-state index contributed by atoms with van der Waals surface area (Å²) < 4.78 is 5.12. The molecule has 0 aromatic rings. The molecule has 7 nitrogen and oxygen atoms in total. The molecule has 0 fully saturated rings. The average molecular weight is 540 g/mol. The number of carboxylic acids is 2. The Morgan fingerprint density at radius 3 is 1.65 bits per heavy atom. The second-order valence-electron chi connectivity index (χ2n) is 5.14. The Bertz CT molecular complexity index is 301. The van der Waals surface area contributed by atoms with Crippen LogP contribution in [0, 0.1) is 7.05 Å². The molecule has 0 bridgehead atoms. The maximum atomic E-state index is 11.3. The third-order valence-electron chi connectivity index (χ3n) is 1.43. The van der Waals surface area contributed by atoms with Gasteiger partial charge in [-0.2, -0.15) is 0 Å². The fourth-order valence-electron chi connectivity index (χ4n) is 0.767. The summed E-state index contributed by atoms with van der Waals surface area (Å²) in [7, 11) is 3.62. The zero-order valence-electron chi connectivity index (χ0n) is 14.5. The van der Waals surface area contributed by atoms with Crippen molar-refractivity contribution in [3.05, 3.63) is 7.05 Å². The summed E-state index contributed by atoms with van der Waals surface area (Å²) in [5.74, 6) is -1.67. The third-order valence-corrected chi connectivity index (χ3v) is 1.43. The van der Waals surface area contributed by atoms with Gasteiger partial charge in [0.1, 0.15) is 5.60 Å². The molecule has 0 saturated heterocycles. The van der Waals surface area contributed by atoms with Crippen LogP contribution in [0.1, 0.15) is 54.4 Å². The molecule has 0 rings (SSSR count). The number of aliphatic carboxylic acids is 2. The summed E-state index contributed by atoms with van der Waals surface area (Å²) in [5, 5.41) is 14.8. The van der Waals surface area contributed by atoms with Crippen molar-refractivity contribution in [3.8, 4) is 0 Å². The van der Waals surface area contributed by atoms with Crippen LogP contribution < -0.4 is 0 Å². The molecule has 0 radical (unpaired) electrons. The van der Waals surface area contributed by atoms with Crippen molar-refractivity contribution in [3.63, 3.8) is 0 Å². The van der Waals surface area contributed by atoms with Gasteiger partial charge in [0.25, 0.3) is 11.9 Å². The predicted octanol–water partition coefficient (Wildman–Crippen LogP) is 3.88. The minimum atomic E-state index is -0.833. The van der Waals surface area contributed by atoms with E-state index >= 15 is 0 Å². The molecule has 0 saturated carbocycles. The molecule has 0 unspecified atom stereocenters. The average Bonchev–Trinajstić information content (AvgIpc) is 2.35. The Labute approximate surface area is 160 Å². The number of hydrogen-bond acceptors (Lipinski definition) is 4. The van der Waals surface area contributed by atoms with Crippen molar-refractivity contribution < 1.29 is 44.9 Å². The van der Waals surface area contributed by atoms with Gasteiger partial charge in [-0.25, -0.2) is 11.8 Å². The number of unbranched alkanes of at least 4 members (excludes halogenated alkanes) is 1. The van der Waals surface area contributed by atoms with Crippen molar-refractivity contribution >= 4 is 37.5 Å². The second kappa shape index (κ2) is 19.6. The number of carboxylic acid groups (broad SMARTS) is 2. The van der Waals surface area contributed by atoms with E-state index in [4.69, 9.17) is 24.5 Å². The van der Waals surface area contributed by atoms with E-state index in [0.717, 1.165) is 26.7 Å². The van der Waals surface area contributed by atoms with E-state index < -0.39 is 17.5 Å². The number of halogens is 1. The summed E-state index contributed by atoms with van der Waals surface area (Å²) in [6.45, 7) is 10.4. The van der Waals surface area contributed by atoms with Gasteiger partial charge in [-0.15, -0.1) is 0 Å². The van der Waals surface area contributed by atoms with Gasteiger partial charge in [0.15, 0.2) is 0 Å². The predicted molar refractivity (Wildman–Crippen MR) is 93.8 cm³/mol. The van der Waals surface area contributed by atoms with Crippen molar-refractivity contribution in [2.75, 3.05) is 6.54 Å². The van der Waals surface area contributed by atoms with E-state index in [9.17, 15) is 4.79 Å². The number of amides is 1. The van der Waals surface area contributed by atoms with E-state index in [1.165, 1.54) is 4.90 Å². The topological polar surface area (TPSA) is 104 Å². The van der Waals surface area contributed by atoms with Gasteiger partial charge in [0.2, 0.25) is 0 Å². The first-order valence-corrected chi connectivity index (χ1v) is 11.3. The summed E-state index contributed by atoms with van der Waals surface area (Å²) >= 11 is 4.72. The Kier molecular flexibility index (Phi) is 26.0. The Morgan fingerprint density at radius 1 is 1.13 bits per heavy atom. The Hall–Kier alpha value is -0.398. The number of rotatable bonds is 3. The van der Waals surface area contributed by atoms with Crippen LogP contribution in [0.2, 0.25) is 0 Å². The molecule has 0 atom stereocenters. The molecule has 0 aliphatic rings. The number of hydrogen-bond donors (Lipinski definition) is 2. The van der Waals surface area contributed by atoms with Crippen LogP contribution in [0.3, 0.4) is 0 Å². The zero-order chi connectivity index (χ0) is 19.6. The van der Waals surface area contributed by atoms with Crippen molar-refractivity contribution in [1.82, 2.24) is 4.90 Å². The molecule has 0 heterocycles. The van der Waals surface area contributed by atoms with Crippen LogP contribution in [-0.2, 0) is 29.9 Å². The van der Waals surface area contributed by atoms with Crippen LogP contribution in [0.4, 0.5) is 4.79 Å². The molecule has 0 aliphatic carbocycles. The monoisotopic (exact) mass is 539 g/mol. The Balaban J connectivity index is -0.000000149. The second-order valence-corrected chi connectivity index (χ2v) is 5.14. The standard InChI is InChI=1S/C10H20NO2.2C2H4O2.HI.Pd/c1-6-7-8-11(5)9(12)13-10(2,3)4;2*1-2(3)4;;/h5-8H2,1-4H3;2*1H3,(H,3,4);1H;/q-1;;;;+2/p-1. The SMILES string of the molecule is CC(=O)O.CC(=O)O.[CH2-]N(CCCC)C(=O)OC(C)(C)C.[Pd+][I]. The van der Waals surface area contributed by atoms with Gasteiger partial charge < -0.3 is 19.8 Å². The minimum absolute atomic E-state index is 0.346. The van der Waals surface area contributed by atoms with Crippen LogP contribution in [-0.4, -0.2) is 45.3 Å². The van der Waals surface area contributed by atoms with Crippen LogP contribution in [0.5, 0.6) is 0 Å². The van der Waals surface area contributed by atoms with Crippen molar-refractivity contribution in [1.29, 1.82) is 0 Å². The first-order chi connectivity index (χ1) is 10.3. The van der Waals surface area contributed by atoms with E-state index in [0.29, 0.717) is 6.54 Å². The third kappa shape index (κ3) is 52.3. The van der Waals surface area contributed by atoms with Gasteiger partial charge in [-0.05, 0) is 33.7 Å². The fraction of sp³-hybridized carbons (Fsp3) is 0.714. The van der Waals surface area contributed by atoms with Gasteiger partial charge >= 0.3 is 41.2 Å². The zero-order valence-corrected chi connectivity index (χ0v) is 18.2. The summed E-state index contributed by atoms with van der Waals surface area (Å²) in [5.41, 5.74) is -0.431. The van der Waals surface area contributed by atoms with Gasteiger partial charge in [-0.3, -0.25) is 9.59 Å². The summed E-state index contributed by atoms with van der Waals surface area (Å²) in [4.78, 5) is 30.7. The normalized spacial score (nSPS) is 8.78. The molecule has 0 aliphatic heterocycles. The van der Waals surface area contributed by atoms with Gasteiger partial charge in [-0.1, -0.05) is 13.3 Å². The number of carbonyl (C=O) groups is 3. The molecule has 2 N–H and O–H groups in total. The first kappa shape index (κ1) is 30.5. The quantitative estimate of drug-likeness (QED) is 0.321. The van der Waals surface area contributed by atoms with Crippen LogP contribution in [0.25, 0.3) is 0 Å². The molecule has 0 aromatic heterocycles. The van der Waals surface area contributed by atoms with Crippen LogP contribution >= 0.6 is 19.5 Å². The van der Waals surface area contributed by atoms with E-state index in [-0.39, 0.29) is 6.09 Å². The summed E-state index contributed by atoms with van der Waals surface area (Å²) in [6, 6.07) is 0. The van der Waals surface area contributed by atoms with E-state index in [1.54, 1.807) is 0 Å². The summed E-state index contributed by atoms with van der Waals surface area (Å²) in [6.07, 6.45) is 1.67. The molecule has 0 spiro atoms.